The Balaban J connectivity index is 1.56. The molecule has 0 unspecified atom stereocenters. The SMILES string of the molecule is CCN(CC)S(=O)(=O)c1ccc2nnc(SCc3cc(-c4ccccc4OC)no3)n2c1. The number of ether oxygens (including phenoxy) is 1. The molecule has 0 spiro atoms. The number of pyridine rings is 1. The number of rotatable bonds is 9. The first-order valence-electron chi connectivity index (χ1n) is 10.0. The first-order chi connectivity index (χ1) is 15.5. The molecule has 0 aliphatic heterocycles. The average Bonchev–Trinajstić information content (AvgIpc) is 3.45. The maximum atomic E-state index is 12.9. The second-order valence-electron chi connectivity index (χ2n) is 6.83. The lowest BCUT2D eigenvalue weighted by molar-refractivity contribution is 0.395. The van der Waals surface area contributed by atoms with Gasteiger partial charge in [0.1, 0.15) is 17.2 Å². The number of hydrogen-bond donors (Lipinski definition) is 0. The lowest BCUT2D eigenvalue weighted by Crippen LogP contribution is -2.30. The number of thioether (sulfide) groups is 1. The highest BCUT2D eigenvalue weighted by molar-refractivity contribution is 7.98. The summed E-state index contributed by atoms with van der Waals surface area (Å²) >= 11 is 1.38. The van der Waals surface area contributed by atoms with Crippen LogP contribution in [-0.4, -0.2) is 52.7 Å². The van der Waals surface area contributed by atoms with Crippen LogP contribution in [0.5, 0.6) is 5.75 Å². The van der Waals surface area contributed by atoms with Crippen LogP contribution in [0.2, 0.25) is 0 Å². The molecule has 0 amide bonds. The molecule has 168 valence electrons. The fraction of sp³-hybridized carbons (Fsp3) is 0.286. The number of sulfonamides is 1. The summed E-state index contributed by atoms with van der Waals surface area (Å²) < 4.78 is 39.7. The van der Waals surface area contributed by atoms with Crippen molar-refractivity contribution in [1.29, 1.82) is 0 Å². The molecule has 0 saturated heterocycles. The monoisotopic (exact) mass is 473 g/mol. The lowest BCUT2D eigenvalue weighted by atomic mass is 10.1. The summed E-state index contributed by atoms with van der Waals surface area (Å²) in [5, 5.41) is 13.0. The highest BCUT2D eigenvalue weighted by Crippen LogP contribution is 2.31. The molecule has 0 bridgehead atoms. The molecule has 1 aromatic carbocycles. The lowest BCUT2D eigenvalue weighted by Gasteiger charge is -2.18. The van der Waals surface area contributed by atoms with Crippen molar-refractivity contribution in [1.82, 2.24) is 24.1 Å². The van der Waals surface area contributed by atoms with E-state index < -0.39 is 10.0 Å². The molecule has 0 atom stereocenters. The molecule has 4 rings (SSSR count). The van der Waals surface area contributed by atoms with Gasteiger partial charge in [0.25, 0.3) is 0 Å². The zero-order valence-electron chi connectivity index (χ0n) is 17.9. The van der Waals surface area contributed by atoms with Crippen LogP contribution in [0.1, 0.15) is 19.6 Å². The van der Waals surface area contributed by atoms with Crippen molar-refractivity contribution in [2.75, 3.05) is 20.2 Å². The van der Waals surface area contributed by atoms with Crippen molar-refractivity contribution in [3.63, 3.8) is 0 Å². The van der Waals surface area contributed by atoms with E-state index in [9.17, 15) is 8.42 Å². The predicted octanol–water partition coefficient (Wildman–Crippen LogP) is 3.72. The summed E-state index contributed by atoms with van der Waals surface area (Å²) in [7, 11) is -1.97. The van der Waals surface area contributed by atoms with E-state index in [4.69, 9.17) is 9.26 Å². The van der Waals surface area contributed by atoms with Gasteiger partial charge >= 0.3 is 0 Å². The summed E-state index contributed by atoms with van der Waals surface area (Å²) in [4.78, 5) is 0.202. The number of aromatic nitrogens is 4. The minimum absolute atomic E-state index is 0.202. The van der Waals surface area contributed by atoms with Gasteiger partial charge in [-0.05, 0) is 24.3 Å². The molecule has 3 heterocycles. The van der Waals surface area contributed by atoms with Crippen molar-refractivity contribution >= 4 is 27.4 Å². The van der Waals surface area contributed by atoms with Crippen LogP contribution in [0.4, 0.5) is 0 Å². The molecule has 0 N–H and O–H groups in total. The molecule has 4 aromatic rings. The van der Waals surface area contributed by atoms with Crippen molar-refractivity contribution in [3.8, 4) is 17.0 Å². The van der Waals surface area contributed by atoms with Crippen LogP contribution >= 0.6 is 11.8 Å². The third kappa shape index (κ3) is 4.23. The Morgan fingerprint density at radius 1 is 1.12 bits per heavy atom. The number of methoxy groups -OCH3 is 1. The molecule has 0 fully saturated rings. The number of benzene rings is 1. The van der Waals surface area contributed by atoms with Crippen LogP contribution in [0, 0.1) is 0 Å². The van der Waals surface area contributed by atoms with Gasteiger partial charge in [0.05, 0.1) is 17.8 Å². The van der Waals surface area contributed by atoms with E-state index in [1.807, 2.05) is 44.2 Å². The Kier molecular flexibility index (Phi) is 6.49. The Bertz CT molecular complexity index is 1330. The number of nitrogens with zero attached hydrogens (tertiary/aromatic N) is 5. The third-order valence-corrected chi connectivity index (χ3v) is 7.97. The quantitative estimate of drug-likeness (QED) is 0.339. The largest absolute Gasteiger partial charge is 0.496 e. The number of fused-ring (bicyclic) bond motifs is 1. The Morgan fingerprint density at radius 3 is 2.66 bits per heavy atom. The molecule has 32 heavy (non-hydrogen) atoms. The predicted molar refractivity (Wildman–Crippen MR) is 121 cm³/mol. The Hall–Kier alpha value is -2.89. The van der Waals surface area contributed by atoms with Gasteiger partial charge < -0.3 is 9.26 Å². The first kappa shape index (κ1) is 22.3. The topological polar surface area (TPSA) is 103 Å². The van der Waals surface area contributed by atoms with Gasteiger partial charge in [-0.1, -0.05) is 42.9 Å². The molecule has 0 aliphatic carbocycles. The Labute approximate surface area is 190 Å². The highest BCUT2D eigenvalue weighted by Gasteiger charge is 2.23. The van der Waals surface area contributed by atoms with Crippen molar-refractivity contribution in [2.24, 2.45) is 0 Å². The minimum atomic E-state index is -3.58. The van der Waals surface area contributed by atoms with Crippen LogP contribution in [-0.2, 0) is 15.8 Å². The first-order valence-corrected chi connectivity index (χ1v) is 12.5. The molecule has 0 saturated carbocycles. The maximum Gasteiger partial charge on any atom is 0.244 e. The second-order valence-corrected chi connectivity index (χ2v) is 9.71. The van der Waals surface area contributed by atoms with Gasteiger partial charge in [-0.3, -0.25) is 4.40 Å². The summed E-state index contributed by atoms with van der Waals surface area (Å²) in [6.07, 6.45) is 1.56. The van der Waals surface area contributed by atoms with Gasteiger partial charge in [0.2, 0.25) is 10.0 Å². The zero-order chi connectivity index (χ0) is 22.7. The van der Waals surface area contributed by atoms with E-state index in [-0.39, 0.29) is 4.90 Å². The highest BCUT2D eigenvalue weighted by atomic mass is 32.2. The standard InChI is InChI=1S/C21H23N5O4S2/c1-4-25(5-2)32(27,28)16-10-11-20-22-23-21(26(20)13-16)31-14-15-12-18(24-30-15)17-8-6-7-9-19(17)29-3/h6-13H,4-5,14H2,1-3H3. The third-order valence-electron chi connectivity index (χ3n) is 4.97. The van der Waals surface area contributed by atoms with Gasteiger partial charge in [0, 0.05) is 30.9 Å². The smallest absolute Gasteiger partial charge is 0.244 e. The van der Waals surface area contributed by atoms with Gasteiger partial charge in [-0.2, -0.15) is 4.31 Å². The number of para-hydroxylation sites is 1. The molecule has 11 heteroatoms. The molecule has 0 aliphatic rings. The fourth-order valence-electron chi connectivity index (χ4n) is 3.31. The maximum absolute atomic E-state index is 12.9. The van der Waals surface area contributed by atoms with Crippen LogP contribution in [0.25, 0.3) is 16.9 Å². The van der Waals surface area contributed by atoms with Crippen LogP contribution in [0.3, 0.4) is 0 Å². The van der Waals surface area contributed by atoms with Gasteiger partial charge in [-0.15, -0.1) is 10.2 Å². The molecule has 0 radical (unpaired) electrons. The van der Waals surface area contributed by atoms with E-state index in [2.05, 4.69) is 15.4 Å². The number of hydrogen-bond acceptors (Lipinski definition) is 8. The average molecular weight is 474 g/mol. The molecular formula is C21H23N5O4S2. The van der Waals surface area contributed by atoms with Crippen molar-refractivity contribution in [2.45, 2.75) is 29.7 Å². The molecule has 3 aromatic heterocycles. The van der Waals surface area contributed by atoms with Crippen molar-refractivity contribution in [3.05, 3.63) is 54.4 Å². The Morgan fingerprint density at radius 2 is 1.91 bits per heavy atom. The van der Waals surface area contributed by atoms with Gasteiger partial charge in [-0.25, -0.2) is 8.42 Å². The molecule has 9 nitrogen and oxygen atoms in total. The summed E-state index contributed by atoms with van der Waals surface area (Å²) in [6.45, 7) is 4.44. The van der Waals surface area contributed by atoms with E-state index >= 15 is 0 Å². The second kappa shape index (κ2) is 9.31. The summed E-state index contributed by atoms with van der Waals surface area (Å²) in [6, 6.07) is 12.6. The van der Waals surface area contributed by atoms with E-state index in [1.54, 1.807) is 29.8 Å². The van der Waals surface area contributed by atoms with E-state index in [0.29, 0.717) is 46.8 Å². The van der Waals surface area contributed by atoms with E-state index in [0.717, 1.165) is 5.56 Å². The summed E-state index contributed by atoms with van der Waals surface area (Å²) in [5.74, 6) is 1.82. The van der Waals surface area contributed by atoms with Crippen LogP contribution in [0.15, 0.2) is 63.2 Å². The van der Waals surface area contributed by atoms with Crippen molar-refractivity contribution < 1.29 is 17.7 Å². The fourth-order valence-corrected chi connectivity index (χ4v) is 5.56. The zero-order valence-corrected chi connectivity index (χ0v) is 19.6. The minimum Gasteiger partial charge on any atom is -0.496 e. The van der Waals surface area contributed by atoms with Crippen LogP contribution < -0.4 is 4.74 Å². The summed E-state index contributed by atoms with van der Waals surface area (Å²) in [5.41, 5.74) is 2.09. The van der Waals surface area contributed by atoms with Gasteiger partial charge in [0.15, 0.2) is 10.8 Å². The normalized spacial score (nSPS) is 12.0. The molecular weight excluding hydrogens is 450 g/mol. The van der Waals surface area contributed by atoms with E-state index in [1.165, 1.54) is 16.1 Å².